The average molecular weight is 353 g/mol. The molecule has 1 fully saturated rings. The number of anilines is 3. The molecule has 0 amide bonds. The monoisotopic (exact) mass is 352 g/mol. The number of pyridine rings is 1. The zero-order chi connectivity index (χ0) is 17.2. The van der Waals surface area contributed by atoms with Crippen LogP contribution >= 0.6 is 11.6 Å². The highest BCUT2D eigenvalue weighted by Crippen LogP contribution is 2.29. The quantitative estimate of drug-likeness (QED) is 0.757. The van der Waals surface area contributed by atoms with Gasteiger partial charge in [0, 0.05) is 59.8 Å². The molecule has 0 spiro atoms. The zero-order valence-electron chi connectivity index (χ0n) is 14.2. The van der Waals surface area contributed by atoms with Gasteiger partial charge in [-0.05, 0) is 49.5 Å². The molecule has 1 aliphatic heterocycles. The predicted octanol–water partition coefficient (Wildman–Crippen LogP) is 4.38. The van der Waals surface area contributed by atoms with Crippen molar-refractivity contribution in [3.05, 3.63) is 59.8 Å². The van der Waals surface area contributed by atoms with Crippen LogP contribution in [0, 0.1) is 0 Å². The van der Waals surface area contributed by atoms with Crippen molar-refractivity contribution in [2.75, 3.05) is 43.4 Å². The fourth-order valence-electron chi connectivity index (χ4n) is 3.23. The largest absolute Gasteiger partial charge is 0.369 e. The van der Waals surface area contributed by atoms with Gasteiger partial charge in [-0.25, -0.2) is 0 Å². The van der Waals surface area contributed by atoms with Crippen molar-refractivity contribution < 1.29 is 0 Å². The Balaban J connectivity index is 1.60. The van der Waals surface area contributed by atoms with Gasteiger partial charge in [0.1, 0.15) is 0 Å². The van der Waals surface area contributed by atoms with Crippen LogP contribution in [0.15, 0.2) is 54.7 Å². The number of nitrogens with zero attached hydrogens (tertiary/aromatic N) is 3. The molecule has 2 aromatic carbocycles. The van der Waals surface area contributed by atoms with Crippen LogP contribution in [0.3, 0.4) is 0 Å². The standard InChI is InChI=1S/C20H21ClN4/c1-24-9-11-25(12-10-24)17-4-2-3-16(14-17)23-19-7-8-22-20-13-15(21)5-6-18(19)20/h2-8,13-14H,9-12H2,1H3,(H,22,23). The Hall–Kier alpha value is -2.30. The fourth-order valence-corrected chi connectivity index (χ4v) is 3.40. The van der Waals surface area contributed by atoms with E-state index in [2.05, 4.69) is 51.4 Å². The van der Waals surface area contributed by atoms with Gasteiger partial charge >= 0.3 is 0 Å². The molecular formula is C20H21ClN4. The molecule has 4 nitrogen and oxygen atoms in total. The van der Waals surface area contributed by atoms with E-state index >= 15 is 0 Å². The first-order valence-corrected chi connectivity index (χ1v) is 8.92. The highest BCUT2D eigenvalue weighted by molar-refractivity contribution is 6.31. The number of rotatable bonds is 3. The highest BCUT2D eigenvalue weighted by atomic mass is 35.5. The zero-order valence-corrected chi connectivity index (χ0v) is 15.0. The molecule has 1 N–H and O–H groups in total. The molecule has 0 radical (unpaired) electrons. The topological polar surface area (TPSA) is 31.4 Å². The van der Waals surface area contributed by atoms with E-state index < -0.39 is 0 Å². The Kier molecular flexibility index (Phi) is 4.47. The summed E-state index contributed by atoms with van der Waals surface area (Å²) in [6.07, 6.45) is 1.81. The van der Waals surface area contributed by atoms with E-state index in [1.165, 1.54) is 5.69 Å². The SMILES string of the molecule is CN1CCN(c2cccc(Nc3ccnc4cc(Cl)ccc34)c2)CC1. The first-order chi connectivity index (χ1) is 12.2. The van der Waals surface area contributed by atoms with Gasteiger partial charge in [0.2, 0.25) is 0 Å². The van der Waals surface area contributed by atoms with Crippen LogP contribution in [0.25, 0.3) is 10.9 Å². The molecule has 1 saturated heterocycles. The minimum absolute atomic E-state index is 0.703. The summed E-state index contributed by atoms with van der Waals surface area (Å²) < 4.78 is 0. The number of likely N-dealkylation sites (N-methyl/N-ethyl adjacent to an activating group) is 1. The second-order valence-electron chi connectivity index (χ2n) is 6.49. The molecule has 0 saturated carbocycles. The third-order valence-electron chi connectivity index (χ3n) is 4.70. The summed E-state index contributed by atoms with van der Waals surface area (Å²) in [7, 11) is 2.18. The molecular weight excluding hydrogens is 332 g/mol. The Morgan fingerprint density at radius 2 is 1.84 bits per heavy atom. The molecule has 0 unspecified atom stereocenters. The molecule has 4 rings (SSSR count). The van der Waals surface area contributed by atoms with Gasteiger partial charge in [0.25, 0.3) is 0 Å². The van der Waals surface area contributed by atoms with E-state index in [4.69, 9.17) is 11.6 Å². The van der Waals surface area contributed by atoms with Gasteiger partial charge in [-0.1, -0.05) is 17.7 Å². The summed E-state index contributed by atoms with van der Waals surface area (Å²) in [6, 6.07) is 16.4. The summed E-state index contributed by atoms with van der Waals surface area (Å²) >= 11 is 6.08. The molecule has 128 valence electrons. The molecule has 1 aromatic heterocycles. The number of nitrogens with one attached hydrogen (secondary N) is 1. The highest BCUT2D eigenvalue weighted by Gasteiger charge is 2.14. The van der Waals surface area contributed by atoms with Crippen LogP contribution in [-0.2, 0) is 0 Å². The number of hydrogen-bond acceptors (Lipinski definition) is 4. The van der Waals surface area contributed by atoms with Crippen molar-refractivity contribution in [2.24, 2.45) is 0 Å². The molecule has 0 bridgehead atoms. The Bertz CT molecular complexity index is 888. The third-order valence-corrected chi connectivity index (χ3v) is 4.93. The van der Waals surface area contributed by atoms with Crippen LogP contribution in [0.1, 0.15) is 0 Å². The van der Waals surface area contributed by atoms with Crippen molar-refractivity contribution >= 4 is 39.6 Å². The minimum Gasteiger partial charge on any atom is -0.369 e. The fraction of sp³-hybridized carbons (Fsp3) is 0.250. The van der Waals surface area contributed by atoms with Crippen LogP contribution in [-0.4, -0.2) is 43.1 Å². The van der Waals surface area contributed by atoms with Crippen molar-refractivity contribution in [2.45, 2.75) is 0 Å². The Morgan fingerprint density at radius 1 is 1.00 bits per heavy atom. The first-order valence-electron chi connectivity index (χ1n) is 8.54. The van der Waals surface area contributed by atoms with Crippen molar-refractivity contribution in [1.29, 1.82) is 0 Å². The normalized spacial score (nSPS) is 15.5. The molecule has 25 heavy (non-hydrogen) atoms. The lowest BCUT2D eigenvalue weighted by atomic mass is 10.1. The molecule has 0 atom stereocenters. The second kappa shape index (κ2) is 6.90. The van der Waals surface area contributed by atoms with E-state index in [9.17, 15) is 0 Å². The number of aromatic nitrogens is 1. The summed E-state index contributed by atoms with van der Waals surface area (Å²) in [4.78, 5) is 9.21. The number of halogens is 1. The number of fused-ring (bicyclic) bond motifs is 1. The van der Waals surface area contributed by atoms with Crippen molar-refractivity contribution in [3.8, 4) is 0 Å². The van der Waals surface area contributed by atoms with Crippen LogP contribution in [0.2, 0.25) is 5.02 Å². The average Bonchev–Trinajstić information content (AvgIpc) is 2.62. The molecule has 3 aromatic rings. The second-order valence-corrected chi connectivity index (χ2v) is 6.92. The van der Waals surface area contributed by atoms with Gasteiger partial charge in [-0.3, -0.25) is 4.98 Å². The maximum absolute atomic E-state index is 6.08. The lowest BCUT2D eigenvalue weighted by molar-refractivity contribution is 0.313. The maximum Gasteiger partial charge on any atom is 0.0737 e. The predicted molar refractivity (Wildman–Crippen MR) is 106 cm³/mol. The molecule has 2 heterocycles. The smallest absolute Gasteiger partial charge is 0.0737 e. The number of piperazine rings is 1. The van der Waals surface area contributed by atoms with Gasteiger partial charge < -0.3 is 15.1 Å². The van der Waals surface area contributed by atoms with Crippen LogP contribution in [0.5, 0.6) is 0 Å². The lowest BCUT2D eigenvalue weighted by Gasteiger charge is -2.34. The number of benzene rings is 2. The minimum atomic E-state index is 0.703. The van der Waals surface area contributed by atoms with Crippen molar-refractivity contribution in [1.82, 2.24) is 9.88 Å². The van der Waals surface area contributed by atoms with E-state index in [-0.39, 0.29) is 0 Å². The summed E-state index contributed by atoms with van der Waals surface area (Å²) in [5, 5.41) is 5.30. The molecule has 1 aliphatic rings. The van der Waals surface area contributed by atoms with Gasteiger partial charge in [-0.15, -0.1) is 0 Å². The van der Waals surface area contributed by atoms with Gasteiger partial charge in [0.15, 0.2) is 0 Å². The van der Waals surface area contributed by atoms with Crippen LogP contribution in [0.4, 0.5) is 17.1 Å². The van der Waals surface area contributed by atoms with Crippen molar-refractivity contribution in [3.63, 3.8) is 0 Å². The summed E-state index contributed by atoms with van der Waals surface area (Å²) in [5.74, 6) is 0. The van der Waals surface area contributed by atoms with E-state index in [1.807, 2.05) is 30.5 Å². The third kappa shape index (κ3) is 3.55. The van der Waals surface area contributed by atoms with E-state index in [0.717, 1.165) is 48.5 Å². The van der Waals surface area contributed by atoms with E-state index in [0.29, 0.717) is 5.02 Å². The van der Waals surface area contributed by atoms with Gasteiger partial charge in [-0.2, -0.15) is 0 Å². The Labute approximate surface area is 153 Å². The summed E-state index contributed by atoms with van der Waals surface area (Å²) in [5.41, 5.74) is 4.28. The molecule has 5 heteroatoms. The molecule has 0 aliphatic carbocycles. The number of hydrogen-bond donors (Lipinski definition) is 1. The van der Waals surface area contributed by atoms with Crippen LogP contribution < -0.4 is 10.2 Å². The van der Waals surface area contributed by atoms with E-state index in [1.54, 1.807) is 0 Å². The summed E-state index contributed by atoms with van der Waals surface area (Å²) in [6.45, 7) is 4.34. The first kappa shape index (κ1) is 16.2. The Morgan fingerprint density at radius 3 is 2.68 bits per heavy atom. The van der Waals surface area contributed by atoms with Gasteiger partial charge in [0.05, 0.1) is 5.52 Å². The maximum atomic E-state index is 6.08. The lowest BCUT2D eigenvalue weighted by Crippen LogP contribution is -2.44.